The molecule has 4 aromatic rings. The second-order valence-corrected chi connectivity index (χ2v) is 10.7. The van der Waals surface area contributed by atoms with Crippen LogP contribution < -0.4 is 10.5 Å². The number of fused-ring (bicyclic) bond motifs is 4. The Bertz CT molecular complexity index is 1440. The number of amides is 1. The first-order valence-corrected chi connectivity index (χ1v) is 12.7. The van der Waals surface area contributed by atoms with Gasteiger partial charge < -0.3 is 4.90 Å². The van der Waals surface area contributed by atoms with Gasteiger partial charge in [0.2, 0.25) is 11.7 Å². The zero-order valence-electron chi connectivity index (χ0n) is 19.9. The number of aromatic nitrogens is 4. The number of carbonyl (C=O) groups excluding carboxylic acids is 1. The molecule has 0 saturated heterocycles. The number of anilines is 1. The fourth-order valence-electron chi connectivity index (χ4n) is 4.70. The van der Waals surface area contributed by atoms with Crippen LogP contribution in [0.3, 0.4) is 0 Å². The smallest absolute Gasteiger partial charge is 0.262 e. The summed E-state index contributed by atoms with van der Waals surface area (Å²) in [7, 11) is 0. The number of benzene rings is 2. The molecule has 1 aliphatic rings. The molecule has 0 spiro atoms. The van der Waals surface area contributed by atoms with Crippen molar-refractivity contribution in [2.75, 3.05) is 4.90 Å². The van der Waals surface area contributed by atoms with Crippen molar-refractivity contribution >= 4 is 40.0 Å². The summed E-state index contributed by atoms with van der Waals surface area (Å²) in [6.45, 7) is 8.85. The van der Waals surface area contributed by atoms with Gasteiger partial charge in [-0.15, -0.1) is 10.2 Å². The van der Waals surface area contributed by atoms with Gasteiger partial charge in [0.15, 0.2) is 5.16 Å². The van der Waals surface area contributed by atoms with Crippen LogP contribution in [0.1, 0.15) is 39.7 Å². The van der Waals surface area contributed by atoms with Gasteiger partial charge in [-0.05, 0) is 56.4 Å². The minimum absolute atomic E-state index is 0.0524. The standard InChI is InChI=1S/C26H29N5O2S/c1-16(2)13-14-29-24(33)20-10-6-8-12-22(20)31-25(29)27-28-26(31)34-18(4)23(32)30-17(3)15-19-9-5-7-11-21(19)30/h5-12,16-18H,13-15H2,1-4H3. The first kappa shape index (κ1) is 22.7. The average Bonchev–Trinajstić information content (AvgIpc) is 3.38. The van der Waals surface area contributed by atoms with Gasteiger partial charge in [0.05, 0.1) is 16.2 Å². The van der Waals surface area contributed by atoms with E-state index in [1.165, 1.54) is 17.3 Å². The number of thioether (sulfide) groups is 1. The molecule has 1 amide bonds. The van der Waals surface area contributed by atoms with Crippen LogP contribution in [0, 0.1) is 5.92 Å². The SMILES string of the molecule is CC(C)CCn1c(=O)c2ccccc2n2c(SC(C)C(=O)N3c4ccccc4CC3C)nnc12. The van der Waals surface area contributed by atoms with Crippen LogP contribution in [-0.4, -0.2) is 36.4 Å². The molecule has 2 aromatic heterocycles. The van der Waals surface area contributed by atoms with Crippen molar-refractivity contribution in [3.8, 4) is 0 Å². The fraction of sp³-hybridized carbons (Fsp3) is 0.385. The topological polar surface area (TPSA) is 72.5 Å². The maximum Gasteiger partial charge on any atom is 0.262 e. The van der Waals surface area contributed by atoms with Crippen molar-refractivity contribution < 1.29 is 4.79 Å². The van der Waals surface area contributed by atoms with Gasteiger partial charge in [0.25, 0.3) is 5.56 Å². The van der Waals surface area contributed by atoms with Gasteiger partial charge in [-0.25, -0.2) is 0 Å². The molecular weight excluding hydrogens is 446 g/mol. The van der Waals surface area contributed by atoms with E-state index in [0.29, 0.717) is 28.8 Å². The van der Waals surface area contributed by atoms with Crippen LogP contribution in [0.25, 0.3) is 16.7 Å². The molecule has 5 rings (SSSR count). The van der Waals surface area contributed by atoms with E-state index >= 15 is 0 Å². The van der Waals surface area contributed by atoms with Gasteiger partial charge >= 0.3 is 0 Å². The lowest BCUT2D eigenvalue weighted by atomic mass is 10.1. The lowest BCUT2D eigenvalue weighted by Crippen LogP contribution is -2.40. The molecule has 2 atom stereocenters. The zero-order valence-corrected chi connectivity index (χ0v) is 20.7. The Hall–Kier alpha value is -3.13. The first-order chi connectivity index (χ1) is 16.4. The third-order valence-electron chi connectivity index (χ3n) is 6.48. The number of aryl methyl sites for hydroxylation is 1. The predicted octanol–water partition coefficient (Wildman–Crippen LogP) is 4.55. The molecule has 3 heterocycles. The quantitative estimate of drug-likeness (QED) is 0.383. The molecule has 1 aliphatic heterocycles. The van der Waals surface area contributed by atoms with Crippen molar-refractivity contribution in [3.63, 3.8) is 0 Å². The normalized spacial score (nSPS) is 16.5. The monoisotopic (exact) mass is 475 g/mol. The molecule has 0 N–H and O–H groups in total. The van der Waals surface area contributed by atoms with E-state index < -0.39 is 0 Å². The summed E-state index contributed by atoms with van der Waals surface area (Å²) < 4.78 is 3.64. The maximum atomic E-state index is 13.5. The van der Waals surface area contributed by atoms with Crippen molar-refractivity contribution in [1.82, 2.24) is 19.2 Å². The van der Waals surface area contributed by atoms with E-state index in [1.807, 2.05) is 58.7 Å². The van der Waals surface area contributed by atoms with Gasteiger partial charge in [-0.1, -0.05) is 55.9 Å². The molecule has 8 heteroatoms. The Morgan fingerprint density at radius 1 is 1.09 bits per heavy atom. The number of nitrogens with zero attached hydrogens (tertiary/aromatic N) is 5. The molecule has 0 aliphatic carbocycles. The number of hydrogen-bond acceptors (Lipinski definition) is 5. The van der Waals surface area contributed by atoms with Crippen LogP contribution in [0.2, 0.25) is 0 Å². The van der Waals surface area contributed by atoms with E-state index in [-0.39, 0.29) is 22.8 Å². The lowest BCUT2D eigenvalue weighted by molar-refractivity contribution is -0.118. The lowest BCUT2D eigenvalue weighted by Gasteiger charge is -2.25. The minimum atomic E-state index is -0.365. The summed E-state index contributed by atoms with van der Waals surface area (Å²) in [5, 5.41) is 9.71. The summed E-state index contributed by atoms with van der Waals surface area (Å²) in [4.78, 5) is 28.7. The highest BCUT2D eigenvalue weighted by molar-refractivity contribution is 8.00. The molecule has 0 bridgehead atoms. The second-order valence-electron chi connectivity index (χ2n) is 9.42. The van der Waals surface area contributed by atoms with Crippen LogP contribution in [0.15, 0.2) is 58.5 Å². The van der Waals surface area contributed by atoms with Crippen LogP contribution >= 0.6 is 11.8 Å². The van der Waals surface area contributed by atoms with Gasteiger partial charge in [0, 0.05) is 18.3 Å². The highest BCUT2D eigenvalue weighted by atomic mass is 32.2. The van der Waals surface area contributed by atoms with Gasteiger partial charge in [-0.3, -0.25) is 18.6 Å². The zero-order chi connectivity index (χ0) is 24.0. The van der Waals surface area contributed by atoms with E-state index in [0.717, 1.165) is 24.0 Å². The summed E-state index contributed by atoms with van der Waals surface area (Å²) in [6, 6.07) is 15.7. The fourth-order valence-corrected chi connectivity index (χ4v) is 5.61. The Morgan fingerprint density at radius 3 is 2.62 bits per heavy atom. The molecule has 0 saturated carbocycles. The van der Waals surface area contributed by atoms with Gasteiger partial charge in [-0.2, -0.15) is 0 Å². The summed E-state index contributed by atoms with van der Waals surface area (Å²) in [5.41, 5.74) is 2.90. The number of carbonyl (C=O) groups is 1. The molecule has 0 radical (unpaired) electrons. The number of rotatable bonds is 6. The average molecular weight is 476 g/mol. The van der Waals surface area contributed by atoms with E-state index in [1.54, 1.807) is 4.57 Å². The van der Waals surface area contributed by atoms with Crippen molar-refractivity contribution in [3.05, 3.63) is 64.4 Å². The molecule has 7 nitrogen and oxygen atoms in total. The minimum Gasteiger partial charge on any atom is -0.308 e. The third kappa shape index (κ3) is 3.79. The molecule has 176 valence electrons. The number of para-hydroxylation sites is 2. The Morgan fingerprint density at radius 2 is 1.82 bits per heavy atom. The van der Waals surface area contributed by atoms with E-state index in [4.69, 9.17) is 0 Å². The van der Waals surface area contributed by atoms with Crippen LogP contribution in [0.4, 0.5) is 5.69 Å². The van der Waals surface area contributed by atoms with E-state index in [2.05, 4.69) is 37.0 Å². The first-order valence-electron chi connectivity index (χ1n) is 11.8. The molecule has 2 unspecified atom stereocenters. The van der Waals surface area contributed by atoms with Crippen molar-refractivity contribution in [2.45, 2.75) is 63.5 Å². The second kappa shape index (κ2) is 8.91. The maximum absolute atomic E-state index is 13.5. The third-order valence-corrected chi connectivity index (χ3v) is 7.51. The summed E-state index contributed by atoms with van der Waals surface area (Å²) in [6.07, 6.45) is 1.73. The van der Waals surface area contributed by atoms with Crippen molar-refractivity contribution in [2.24, 2.45) is 5.92 Å². The van der Waals surface area contributed by atoms with Crippen LogP contribution in [0.5, 0.6) is 0 Å². The van der Waals surface area contributed by atoms with Gasteiger partial charge in [0.1, 0.15) is 0 Å². The van der Waals surface area contributed by atoms with Crippen LogP contribution in [-0.2, 0) is 17.8 Å². The Labute approximate surface area is 202 Å². The highest BCUT2D eigenvalue weighted by Gasteiger charge is 2.34. The van der Waals surface area contributed by atoms with Crippen molar-refractivity contribution in [1.29, 1.82) is 0 Å². The molecule has 0 fully saturated rings. The molecule has 2 aromatic carbocycles. The Balaban J connectivity index is 1.53. The molecular formula is C26H29N5O2S. The highest BCUT2D eigenvalue weighted by Crippen LogP contribution is 2.35. The molecule has 34 heavy (non-hydrogen) atoms. The summed E-state index contributed by atoms with van der Waals surface area (Å²) >= 11 is 1.39. The van der Waals surface area contributed by atoms with E-state index in [9.17, 15) is 9.59 Å². The largest absolute Gasteiger partial charge is 0.308 e. The number of hydrogen-bond donors (Lipinski definition) is 0. The predicted molar refractivity (Wildman–Crippen MR) is 137 cm³/mol. The summed E-state index contributed by atoms with van der Waals surface area (Å²) in [5.74, 6) is 1.03. The Kier molecular flexibility index (Phi) is 5.93.